The number of rotatable bonds is 4. The maximum atomic E-state index is 12.6. The van der Waals surface area contributed by atoms with Gasteiger partial charge in [0, 0.05) is 30.1 Å². The zero-order valence-electron chi connectivity index (χ0n) is 16.1. The number of nitrogens with zero attached hydrogens (tertiary/aromatic N) is 3. The van der Waals surface area contributed by atoms with E-state index < -0.39 is 0 Å². The quantitative estimate of drug-likeness (QED) is 0.693. The molecule has 152 valence electrons. The van der Waals surface area contributed by atoms with E-state index in [4.69, 9.17) is 9.47 Å². The predicted octanol–water partition coefficient (Wildman–Crippen LogP) is 3.35. The number of amides is 2. The largest absolute Gasteiger partial charge is 0.454 e. The van der Waals surface area contributed by atoms with Gasteiger partial charge in [-0.3, -0.25) is 14.9 Å². The monoisotopic (exact) mass is 422 g/mol. The highest BCUT2D eigenvalue weighted by Crippen LogP contribution is 2.36. The Labute approximate surface area is 176 Å². The van der Waals surface area contributed by atoms with Crippen molar-refractivity contribution in [3.63, 3.8) is 0 Å². The summed E-state index contributed by atoms with van der Waals surface area (Å²) in [6.07, 6.45) is 0.374. The molecule has 8 nitrogen and oxygen atoms in total. The van der Waals surface area contributed by atoms with Crippen molar-refractivity contribution in [1.29, 1.82) is 0 Å². The van der Waals surface area contributed by atoms with Crippen molar-refractivity contribution >= 4 is 34.0 Å². The fraction of sp³-hybridized carbons (Fsp3) is 0.238. The SMILES string of the molecule is Cc1ccccc1N1C[C@@H](c2nnc(NC(=O)c3ccc4c(c3)OCO4)s2)CC1=O. The molecule has 3 aromatic rings. The number of carbonyl (C=O) groups excluding carboxylic acids is 2. The third-order valence-corrected chi connectivity index (χ3v) is 6.18. The molecule has 2 aromatic carbocycles. The summed E-state index contributed by atoms with van der Waals surface area (Å²) in [5.41, 5.74) is 2.42. The van der Waals surface area contributed by atoms with E-state index in [1.807, 2.05) is 31.2 Å². The lowest BCUT2D eigenvalue weighted by atomic mass is 10.1. The zero-order chi connectivity index (χ0) is 20.7. The molecular formula is C21H18N4O4S. The van der Waals surface area contributed by atoms with Gasteiger partial charge < -0.3 is 14.4 Å². The van der Waals surface area contributed by atoms with E-state index in [9.17, 15) is 9.59 Å². The number of fused-ring (bicyclic) bond motifs is 1. The third kappa shape index (κ3) is 3.37. The van der Waals surface area contributed by atoms with Gasteiger partial charge in [-0.2, -0.15) is 0 Å². The van der Waals surface area contributed by atoms with E-state index in [2.05, 4.69) is 15.5 Å². The summed E-state index contributed by atoms with van der Waals surface area (Å²) in [6, 6.07) is 12.8. The van der Waals surface area contributed by atoms with Gasteiger partial charge in [-0.25, -0.2) is 0 Å². The molecule has 0 unspecified atom stereocenters. The Morgan fingerprint density at radius 1 is 1.17 bits per heavy atom. The first-order valence-corrected chi connectivity index (χ1v) is 10.3. The van der Waals surface area contributed by atoms with Crippen molar-refractivity contribution < 1.29 is 19.1 Å². The van der Waals surface area contributed by atoms with Crippen LogP contribution in [0.15, 0.2) is 42.5 Å². The fourth-order valence-corrected chi connectivity index (χ4v) is 4.46. The molecular weight excluding hydrogens is 404 g/mol. The Morgan fingerprint density at radius 2 is 2.00 bits per heavy atom. The molecule has 1 atom stereocenters. The fourth-order valence-electron chi connectivity index (χ4n) is 3.63. The standard InChI is InChI=1S/C21H18N4O4S/c1-12-4-2-3-5-15(12)25-10-14(9-18(25)26)20-23-24-21(30-20)22-19(27)13-6-7-16-17(8-13)29-11-28-16/h2-8,14H,9-11H2,1H3,(H,22,24,27)/t14-/m0/s1. The average molecular weight is 422 g/mol. The summed E-state index contributed by atoms with van der Waals surface area (Å²) in [4.78, 5) is 26.9. The number of hydrogen-bond donors (Lipinski definition) is 1. The first-order valence-electron chi connectivity index (χ1n) is 9.49. The molecule has 1 saturated heterocycles. The summed E-state index contributed by atoms with van der Waals surface area (Å²) in [5, 5.41) is 12.2. The maximum Gasteiger partial charge on any atom is 0.257 e. The minimum Gasteiger partial charge on any atom is -0.454 e. The number of anilines is 2. The van der Waals surface area contributed by atoms with E-state index in [1.165, 1.54) is 11.3 Å². The molecule has 0 aliphatic carbocycles. The van der Waals surface area contributed by atoms with Gasteiger partial charge in [0.15, 0.2) is 11.5 Å². The van der Waals surface area contributed by atoms with Crippen LogP contribution in [0.5, 0.6) is 11.5 Å². The van der Waals surface area contributed by atoms with Crippen LogP contribution in [-0.2, 0) is 4.79 Å². The average Bonchev–Trinajstić information content (AvgIpc) is 3.47. The minimum atomic E-state index is -0.306. The van der Waals surface area contributed by atoms with Crippen LogP contribution in [0.2, 0.25) is 0 Å². The van der Waals surface area contributed by atoms with Gasteiger partial charge >= 0.3 is 0 Å². The molecule has 1 aromatic heterocycles. The number of hydrogen-bond acceptors (Lipinski definition) is 7. The molecule has 9 heteroatoms. The number of carbonyl (C=O) groups is 2. The number of aryl methyl sites for hydroxylation is 1. The van der Waals surface area contributed by atoms with Crippen molar-refractivity contribution in [2.24, 2.45) is 0 Å². The summed E-state index contributed by atoms with van der Waals surface area (Å²) in [7, 11) is 0. The smallest absolute Gasteiger partial charge is 0.257 e. The van der Waals surface area contributed by atoms with Gasteiger partial charge in [-0.15, -0.1) is 10.2 Å². The number of nitrogens with one attached hydrogen (secondary N) is 1. The molecule has 0 saturated carbocycles. The Morgan fingerprint density at radius 3 is 2.87 bits per heavy atom. The molecule has 1 N–H and O–H groups in total. The van der Waals surface area contributed by atoms with E-state index in [0.29, 0.717) is 35.2 Å². The highest BCUT2D eigenvalue weighted by molar-refractivity contribution is 7.15. The van der Waals surface area contributed by atoms with E-state index in [-0.39, 0.29) is 24.5 Å². The maximum absolute atomic E-state index is 12.6. The molecule has 0 spiro atoms. The van der Waals surface area contributed by atoms with E-state index >= 15 is 0 Å². The van der Waals surface area contributed by atoms with E-state index in [1.54, 1.807) is 23.1 Å². The highest BCUT2D eigenvalue weighted by atomic mass is 32.1. The highest BCUT2D eigenvalue weighted by Gasteiger charge is 2.34. The van der Waals surface area contributed by atoms with Crippen molar-refractivity contribution in [1.82, 2.24) is 10.2 Å². The van der Waals surface area contributed by atoms with Gasteiger partial charge in [0.1, 0.15) is 5.01 Å². The lowest BCUT2D eigenvalue weighted by molar-refractivity contribution is -0.117. The summed E-state index contributed by atoms with van der Waals surface area (Å²) in [5.74, 6) is 0.872. The summed E-state index contributed by atoms with van der Waals surface area (Å²) < 4.78 is 10.6. The number of benzene rings is 2. The van der Waals surface area contributed by atoms with Gasteiger partial charge in [-0.1, -0.05) is 29.5 Å². The Kier molecular flexibility index (Phi) is 4.59. The number of aromatic nitrogens is 2. The lowest BCUT2D eigenvalue weighted by Gasteiger charge is -2.18. The molecule has 2 aliphatic heterocycles. The Hall–Kier alpha value is -3.46. The molecule has 3 heterocycles. The number of ether oxygens (including phenoxy) is 2. The zero-order valence-corrected chi connectivity index (χ0v) is 16.9. The van der Waals surface area contributed by atoms with Crippen molar-refractivity contribution in [2.75, 3.05) is 23.6 Å². The molecule has 0 bridgehead atoms. The van der Waals surface area contributed by atoms with Crippen molar-refractivity contribution in [2.45, 2.75) is 19.3 Å². The van der Waals surface area contributed by atoms with Gasteiger partial charge in [-0.05, 0) is 36.8 Å². The third-order valence-electron chi connectivity index (χ3n) is 5.18. The van der Waals surface area contributed by atoms with Gasteiger partial charge in [0.25, 0.3) is 5.91 Å². The minimum absolute atomic E-state index is 0.0502. The molecule has 2 amide bonds. The van der Waals surface area contributed by atoms with Crippen molar-refractivity contribution in [3.8, 4) is 11.5 Å². The van der Waals surface area contributed by atoms with Crippen LogP contribution in [0.3, 0.4) is 0 Å². The molecule has 1 fully saturated rings. The Balaban J connectivity index is 1.28. The van der Waals surface area contributed by atoms with Crippen LogP contribution in [-0.4, -0.2) is 35.3 Å². The second-order valence-corrected chi connectivity index (χ2v) is 8.17. The van der Waals surface area contributed by atoms with Gasteiger partial charge in [0.2, 0.25) is 17.8 Å². The topological polar surface area (TPSA) is 93.7 Å². The normalized spacial score (nSPS) is 17.4. The molecule has 30 heavy (non-hydrogen) atoms. The van der Waals surface area contributed by atoms with Crippen LogP contribution < -0.4 is 19.7 Å². The van der Waals surface area contributed by atoms with Crippen molar-refractivity contribution in [3.05, 3.63) is 58.6 Å². The first-order chi connectivity index (χ1) is 14.6. The second-order valence-electron chi connectivity index (χ2n) is 7.16. The van der Waals surface area contributed by atoms with Crippen LogP contribution in [0, 0.1) is 6.92 Å². The van der Waals surface area contributed by atoms with E-state index in [0.717, 1.165) is 16.3 Å². The second kappa shape index (κ2) is 7.42. The summed E-state index contributed by atoms with van der Waals surface area (Å²) in [6.45, 7) is 2.69. The lowest BCUT2D eigenvalue weighted by Crippen LogP contribution is -2.25. The molecule has 5 rings (SSSR count). The van der Waals surface area contributed by atoms with Crippen LogP contribution >= 0.6 is 11.3 Å². The van der Waals surface area contributed by atoms with Crippen LogP contribution in [0.25, 0.3) is 0 Å². The first kappa shape index (κ1) is 18.6. The summed E-state index contributed by atoms with van der Waals surface area (Å²) >= 11 is 1.29. The van der Waals surface area contributed by atoms with Crippen LogP contribution in [0.1, 0.15) is 33.3 Å². The molecule has 2 aliphatic rings. The van der Waals surface area contributed by atoms with Gasteiger partial charge in [0.05, 0.1) is 0 Å². The predicted molar refractivity (Wildman–Crippen MR) is 111 cm³/mol. The number of para-hydroxylation sites is 1. The molecule has 0 radical (unpaired) electrons. The Bertz CT molecular complexity index is 1150. The van der Waals surface area contributed by atoms with Crippen LogP contribution in [0.4, 0.5) is 10.8 Å².